The highest BCUT2D eigenvalue weighted by molar-refractivity contribution is 6.09. The van der Waals surface area contributed by atoms with Crippen LogP contribution in [0.25, 0.3) is 0 Å². The quantitative estimate of drug-likeness (QED) is 0.610. The van der Waals surface area contributed by atoms with Crippen LogP contribution >= 0.6 is 0 Å². The molecule has 1 nitrogen and oxygen atoms in total. The average Bonchev–Trinajstić information content (AvgIpc) is 2.16. The summed E-state index contributed by atoms with van der Waals surface area (Å²) in [6, 6.07) is 8.28. The molecule has 0 bridgehead atoms. The van der Waals surface area contributed by atoms with Crippen molar-refractivity contribution in [1.82, 2.24) is 0 Å². The maximum atomic E-state index is 4.24. The van der Waals surface area contributed by atoms with Crippen molar-refractivity contribution in [3.8, 4) is 0 Å². The molecule has 1 rings (SSSR count). The van der Waals surface area contributed by atoms with Crippen molar-refractivity contribution < 1.29 is 0 Å². The van der Waals surface area contributed by atoms with E-state index < -0.39 is 0 Å². The Morgan fingerprint density at radius 2 is 2.00 bits per heavy atom. The molecular formula is C12H15N. The maximum Gasteiger partial charge on any atom is 0.0642 e. The molecule has 0 aliphatic carbocycles. The largest absolute Gasteiger partial charge is 0.288 e. The van der Waals surface area contributed by atoms with E-state index in [-0.39, 0.29) is 0 Å². The van der Waals surface area contributed by atoms with Gasteiger partial charge >= 0.3 is 0 Å². The molecule has 1 aromatic rings. The summed E-state index contributed by atoms with van der Waals surface area (Å²) in [4.78, 5) is 4.24. The second-order valence-corrected chi connectivity index (χ2v) is 2.92. The minimum Gasteiger partial charge on any atom is -0.288 e. The Labute approximate surface area is 79.8 Å². The number of hydrogen-bond acceptors (Lipinski definition) is 1. The van der Waals surface area contributed by atoms with Crippen LogP contribution in [0.15, 0.2) is 41.4 Å². The van der Waals surface area contributed by atoms with E-state index in [4.69, 9.17) is 0 Å². The van der Waals surface area contributed by atoms with Crippen molar-refractivity contribution in [1.29, 1.82) is 0 Å². The third-order valence-corrected chi connectivity index (χ3v) is 1.99. The molecule has 0 aliphatic heterocycles. The Hall–Kier alpha value is -1.37. The average molecular weight is 173 g/mol. The van der Waals surface area contributed by atoms with E-state index in [2.05, 4.69) is 24.0 Å². The maximum absolute atomic E-state index is 4.24. The predicted molar refractivity (Wildman–Crippen MR) is 58.5 cm³/mol. The Kier molecular flexibility index (Phi) is 3.44. The van der Waals surface area contributed by atoms with Gasteiger partial charge in [0.2, 0.25) is 0 Å². The first-order chi connectivity index (χ1) is 6.29. The highest BCUT2D eigenvalue weighted by atomic mass is 14.7. The van der Waals surface area contributed by atoms with Crippen LogP contribution in [0.5, 0.6) is 0 Å². The molecule has 0 N–H and O–H groups in total. The van der Waals surface area contributed by atoms with E-state index in [1.54, 1.807) is 0 Å². The van der Waals surface area contributed by atoms with Gasteiger partial charge in [0, 0.05) is 12.6 Å². The molecule has 0 spiro atoms. The first-order valence-electron chi connectivity index (χ1n) is 4.45. The Balaban J connectivity index is 3.13. The standard InChI is InChI=1S/C12H15N/c1-4-7-12(13-3)11-9-6-5-8-10(11)2/h4-9H,1-3H3/b7-4-,13-12+. The van der Waals surface area contributed by atoms with Gasteiger partial charge in [-0.15, -0.1) is 0 Å². The lowest BCUT2D eigenvalue weighted by molar-refractivity contribution is 1.39. The molecule has 0 saturated heterocycles. The monoisotopic (exact) mass is 173 g/mol. The summed E-state index contributed by atoms with van der Waals surface area (Å²) in [5.41, 5.74) is 3.52. The number of benzene rings is 1. The summed E-state index contributed by atoms with van der Waals surface area (Å²) < 4.78 is 0. The van der Waals surface area contributed by atoms with Crippen LogP contribution in [-0.2, 0) is 0 Å². The van der Waals surface area contributed by atoms with Crippen LogP contribution < -0.4 is 0 Å². The molecule has 0 radical (unpaired) electrons. The molecule has 0 heterocycles. The molecule has 1 aromatic carbocycles. The molecular weight excluding hydrogens is 158 g/mol. The number of rotatable bonds is 2. The van der Waals surface area contributed by atoms with E-state index >= 15 is 0 Å². The van der Waals surface area contributed by atoms with Crippen LogP contribution in [0.4, 0.5) is 0 Å². The first-order valence-corrected chi connectivity index (χ1v) is 4.45. The van der Waals surface area contributed by atoms with Gasteiger partial charge in [-0.1, -0.05) is 30.3 Å². The number of allylic oxidation sites excluding steroid dienone is 2. The van der Waals surface area contributed by atoms with Crippen molar-refractivity contribution in [2.75, 3.05) is 7.05 Å². The molecule has 1 heteroatoms. The van der Waals surface area contributed by atoms with Crippen molar-refractivity contribution in [2.45, 2.75) is 13.8 Å². The topological polar surface area (TPSA) is 12.4 Å². The zero-order valence-electron chi connectivity index (χ0n) is 8.41. The Morgan fingerprint density at radius 1 is 1.31 bits per heavy atom. The highest BCUT2D eigenvalue weighted by Crippen LogP contribution is 2.09. The smallest absolute Gasteiger partial charge is 0.0642 e. The van der Waals surface area contributed by atoms with E-state index in [0.717, 1.165) is 5.71 Å². The van der Waals surface area contributed by atoms with Gasteiger partial charge in [0.1, 0.15) is 0 Å². The zero-order chi connectivity index (χ0) is 9.68. The van der Waals surface area contributed by atoms with E-state index in [9.17, 15) is 0 Å². The number of aryl methyl sites for hydroxylation is 1. The third-order valence-electron chi connectivity index (χ3n) is 1.99. The Morgan fingerprint density at radius 3 is 2.54 bits per heavy atom. The molecule has 0 unspecified atom stereocenters. The first kappa shape index (κ1) is 9.72. The fourth-order valence-corrected chi connectivity index (χ4v) is 1.30. The number of hydrogen-bond donors (Lipinski definition) is 0. The van der Waals surface area contributed by atoms with Gasteiger partial charge in [-0.3, -0.25) is 4.99 Å². The van der Waals surface area contributed by atoms with Gasteiger partial charge in [0.15, 0.2) is 0 Å². The van der Waals surface area contributed by atoms with Gasteiger partial charge in [0.05, 0.1) is 5.71 Å². The van der Waals surface area contributed by atoms with Crippen LogP contribution in [0.3, 0.4) is 0 Å². The molecule has 0 amide bonds. The molecule has 68 valence electrons. The van der Waals surface area contributed by atoms with Crippen LogP contribution in [0.2, 0.25) is 0 Å². The second kappa shape index (κ2) is 4.61. The summed E-state index contributed by atoms with van der Waals surface area (Å²) in [6.45, 7) is 4.10. The van der Waals surface area contributed by atoms with Crippen molar-refractivity contribution in [2.24, 2.45) is 4.99 Å². The highest BCUT2D eigenvalue weighted by Gasteiger charge is 2.00. The van der Waals surface area contributed by atoms with Gasteiger partial charge in [-0.25, -0.2) is 0 Å². The van der Waals surface area contributed by atoms with E-state index in [1.807, 2.05) is 38.3 Å². The molecule has 0 saturated carbocycles. The SMILES string of the molecule is C/C=C\C(=N/C)c1ccccc1C. The molecule has 0 aliphatic rings. The summed E-state index contributed by atoms with van der Waals surface area (Å²) in [5, 5.41) is 0. The minimum atomic E-state index is 1.04. The lowest BCUT2D eigenvalue weighted by atomic mass is 10.0. The minimum absolute atomic E-state index is 1.04. The van der Waals surface area contributed by atoms with Crippen LogP contribution in [0.1, 0.15) is 18.1 Å². The molecule has 0 aromatic heterocycles. The fraction of sp³-hybridized carbons (Fsp3) is 0.250. The molecule has 13 heavy (non-hydrogen) atoms. The van der Waals surface area contributed by atoms with E-state index in [1.165, 1.54) is 11.1 Å². The van der Waals surface area contributed by atoms with E-state index in [0.29, 0.717) is 0 Å². The Bertz CT molecular complexity index is 335. The molecule has 0 atom stereocenters. The number of aliphatic imine (C=N–C) groups is 1. The van der Waals surface area contributed by atoms with Gasteiger partial charge in [-0.2, -0.15) is 0 Å². The zero-order valence-corrected chi connectivity index (χ0v) is 8.41. The lowest BCUT2D eigenvalue weighted by Gasteiger charge is -2.03. The van der Waals surface area contributed by atoms with Crippen LogP contribution in [-0.4, -0.2) is 12.8 Å². The fourth-order valence-electron chi connectivity index (χ4n) is 1.30. The van der Waals surface area contributed by atoms with Gasteiger partial charge in [0.25, 0.3) is 0 Å². The normalized spacial score (nSPS) is 12.4. The van der Waals surface area contributed by atoms with Gasteiger partial charge < -0.3 is 0 Å². The molecule has 0 fully saturated rings. The third kappa shape index (κ3) is 2.28. The summed E-state index contributed by atoms with van der Waals surface area (Å²) in [7, 11) is 1.82. The summed E-state index contributed by atoms with van der Waals surface area (Å²) in [6.07, 6.45) is 4.04. The van der Waals surface area contributed by atoms with Crippen molar-refractivity contribution >= 4 is 5.71 Å². The lowest BCUT2D eigenvalue weighted by Crippen LogP contribution is -1.98. The van der Waals surface area contributed by atoms with Crippen LogP contribution in [0, 0.1) is 6.92 Å². The number of nitrogens with zero attached hydrogens (tertiary/aromatic N) is 1. The second-order valence-electron chi connectivity index (χ2n) is 2.92. The predicted octanol–water partition coefficient (Wildman–Crippen LogP) is 2.99. The summed E-state index contributed by atoms with van der Waals surface area (Å²) >= 11 is 0. The summed E-state index contributed by atoms with van der Waals surface area (Å²) in [5.74, 6) is 0. The van der Waals surface area contributed by atoms with Crippen molar-refractivity contribution in [3.05, 3.63) is 47.5 Å². The van der Waals surface area contributed by atoms with Crippen molar-refractivity contribution in [3.63, 3.8) is 0 Å². The van der Waals surface area contributed by atoms with Gasteiger partial charge in [-0.05, 0) is 25.5 Å².